The van der Waals surface area contributed by atoms with Crippen molar-refractivity contribution in [3.8, 4) is 11.5 Å². The molecule has 4 heteroatoms. The molecule has 1 aromatic heterocycles. The normalized spacial score (nSPS) is 12.2. The van der Waals surface area contributed by atoms with Crippen LogP contribution in [0, 0.1) is 6.92 Å². The number of nitrogens with one attached hydrogen (secondary N) is 1. The fraction of sp³-hybridized carbons (Fsp3) is 0.412. The van der Waals surface area contributed by atoms with E-state index < -0.39 is 0 Å². The van der Waals surface area contributed by atoms with Crippen LogP contribution in [0.1, 0.15) is 35.4 Å². The molecule has 2 rings (SSSR count). The second-order valence-corrected chi connectivity index (χ2v) is 6.07. The van der Waals surface area contributed by atoms with E-state index in [1.165, 1.54) is 10.4 Å². The molecule has 1 unspecified atom stereocenters. The van der Waals surface area contributed by atoms with E-state index in [-0.39, 0.29) is 6.04 Å². The minimum absolute atomic E-state index is 0.0843. The Balaban J connectivity index is 2.50. The van der Waals surface area contributed by atoms with Crippen LogP contribution in [0.4, 0.5) is 0 Å². The first-order valence-electron chi connectivity index (χ1n) is 7.20. The van der Waals surface area contributed by atoms with Gasteiger partial charge in [-0.15, -0.1) is 11.3 Å². The molecule has 0 aliphatic carbocycles. The fourth-order valence-electron chi connectivity index (χ4n) is 2.45. The van der Waals surface area contributed by atoms with Crippen molar-refractivity contribution in [1.82, 2.24) is 5.32 Å². The van der Waals surface area contributed by atoms with Gasteiger partial charge in [-0.25, -0.2) is 0 Å². The van der Waals surface area contributed by atoms with Gasteiger partial charge in [-0.2, -0.15) is 0 Å². The maximum Gasteiger partial charge on any atom is 0.127 e. The number of methoxy groups -OCH3 is 2. The third kappa shape index (κ3) is 3.57. The summed E-state index contributed by atoms with van der Waals surface area (Å²) < 4.78 is 11.1. The van der Waals surface area contributed by atoms with Crippen molar-refractivity contribution in [1.29, 1.82) is 0 Å². The molecule has 2 aromatic rings. The maximum atomic E-state index is 5.56. The van der Waals surface area contributed by atoms with Gasteiger partial charge in [-0.05, 0) is 49.0 Å². The van der Waals surface area contributed by atoms with Crippen LogP contribution in [-0.4, -0.2) is 20.8 Å². The summed E-state index contributed by atoms with van der Waals surface area (Å²) in [4.78, 5) is 1.31. The molecule has 1 atom stereocenters. The lowest BCUT2D eigenvalue weighted by atomic mass is 9.98. The molecule has 3 nitrogen and oxygen atoms in total. The van der Waals surface area contributed by atoms with Gasteiger partial charge in [-0.1, -0.05) is 13.0 Å². The van der Waals surface area contributed by atoms with Crippen LogP contribution in [0.25, 0.3) is 0 Å². The Hall–Kier alpha value is -1.52. The molecule has 1 N–H and O–H groups in total. The topological polar surface area (TPSA) is 30.5 Å². The summed E-state index contributed by atoms with van der Waals surface area (Å²) in [5.41, 5.74) is 2.32. The Labute approximate surface area is 130 Å². The molecule has 114 valence electrons. The molecule has 0 bridgehead atoms. The number of ether oxygens (including phenoxy) is 2. The van der Waals surface area contributed by atoms with Crippen molar-refractivity contribution in [3.63, 3.8) is 0 Å². The fourth-order valence-corrected chi connectivity index (χ4v) is 3.18. The zero-order chi connectivity index (χ0) is 15.2. The number of aryl methyl sites for hydroxylation is 1. The summed E-state index contributed by atoms with van der Waals surface area (Å²) in [6.45, 7) is 5.24. The summed E-state index contributed by atoms with van der Waals surface area (Å²) in [5.74, 6) is 1.71. The number of hydrogen-bond donors (Lipinski definition) is 1. The monoisotopic (exact) mass is 305 g/mol. The second kappa shape index (κ2) is 7.48. The third-order valence-corrected chi connectivity index (χ3v) is 4.32. The Morgan fingerprint density at radius 3 is 2.33 bits per heavy atom. The molecule has 0 fully saturated rings. The lowest BCUT2D eigenvalue weighted by Gasteiger charge is -2.23. The molecule has 0 saturated heterocycles. The zero-order valence-corrected chi connectivity index (χ0v) is 13.9. The summed E-state index contributed by atoms with van der Waals surface area (Å²) in [6.07, 6.45) is 1.08. The molecule has 0 saturated carbocycles. The molecular formula is C17H23NO2S. The van der Waals surface area contributed by atoms with Crippen molar-refractivity contribution >= 4 is 11.3 Å². The number of hydrogen-bond acceptors (Lipinski definition) is 4. The lowest BCUT2D eigenvalue weighted by Crippen LogP contribution is -2.23. The Morgan fingerprint density at radius 1 is 1.19 bits per heavy atom. The van der Waals surface area contributed by atoms with Gasteiger partial charge in [0.05, 0.1) is 25.8 Å². The van der Waals surface area contributed by atoms with E-state index in [1.54, 1.807) is 25.6 Å². The SMILES string of the molecule is CCCNC(c1csc(C)c1)c1c(OC)cccc1OC. The van der Waals surface area contributed by atoms with Crippen LogP contribution in [0.15, 0.2) is 29.6 Å². The van der Waals surface area contributed by atoms with Crippen molar-refractivity contribution in [2.24, 2.45) is 0 Å². The van der Waals surface area contributed by atoms with E-state index in [2.05, 4.69) is 30.6 Å². The average molecular weight is 305 g/mol. The predicted molar refractivity (Wildman–Crippen MR) is 88.7 cm³/mol. The molecule has 0 spiro atoms. The maximum absolute atomic E-state index is 5.56. The molecule has 0 radical (unpaired) electrons. The summed E-state index contributed by atoms with van der Waals surface area (Å²) >= 11 is 1.77. The predicted octanol–water partition coefficient (Wildman–Crippen LogP) is 4.16. The van der Waals surface area contributed by atoms with E-state index in [9.17, 15) is 0 Å². The smallest absolute Gasteiger partial charge is 0.127 e. The Bertz CT molecular complexity index is 558. The van der Waals surface area contributed by atoms with E-state index in [4.69, 9.17) is 9.47 Å². The molecular weight excluding hydrogens is 282 g/mol. The minimum Gasteiger partial charge on any atom is -0.496 e. The average Bonchev–Trinajstić information content (AvgIpc) is 2.94. The first-order valence-corrected chi connectivity index (χ1v) is 8.08. The van der Waals surface area contributed by atoms with Gasteiger partial charge in [0, 0.05) is 4.88 Å². The number of benzene rings is 1. The highest BCUT2D eigenvalue weighted by Crippen LogP contribution is 2.38. The first-order chi connectivity index (χ1) is 10.2. The molecule has 1 heterocycles. The molecule has 0 aliphatic rings. The molecule has 0 amide bonds. The van der Waals surface area contributed by atoms with Crippen LogP contribution in [0.3, 0.4) is 0 Å². The van der Waals surface area contributed by atoms with Crippen molar-refractivity contribution in [2.75, 3.05) is 20.8 Å². The second-order valence-electron chi connectivity index (χ2n) is 4.95. The molecule has 21 heavy (non-hydrogen) atoms. The quantitative estimate of drug-likeness (QED) is 0.833. The van der Waals surface area contributed by atoms with Gasteiger partial charge in [-0.3, -0.25) is 0 Å². The van der Waals surface area contributed by atoms with E-state index in [0.717, 1.165) is 30.0 Å². The summed E-state index contributed by atoms with van der Waals surface area (Å²) in [7, 11) is 3.40. The highest BCUT2D eigenvalue weighted by molar-refractivity contribution is 7.10. The van der Waals surface area contributed by atoms with Gasteiger partial charge in [0.25, 0.3) is 0 Å². The largest absolute Gasteiger partial charge is 0.496 e. The first kappa shape index (κ1) is 15.9. The van der Waals surface area contributed by atoms with Crippen molar-refractivity contribution in [2.45, 2.75) is 26.3 Å². The third-order valence-electron chi connectivity index (χ3n) is 3.44. The van der Waals surface area contributed by atoms with Gasteiger partial charge in [0.1, 0.15) is 11.5 Å². The number of thiophene rings is 1. The van der Waals surface area contributed by atoms with Gasteiger partial charge in [0.15, 0.2) is 0 Å². The summed E-state index contributed by atoms with van der Waals surface area (Å²) in [5, 5.41) is 5.81. The van der Waals surface area contributed by atoms with Crippen molar-refractivity contribution < 1.29 is 9.47 Å². The highest BCUT2D eigenvalue weighted by atomic mass is 32.1. The Morgan fingerprint density at radius 2 is 1.86 bits per heavy atom. The van der Waals surface area contributed by atoms with Crippen LogP contribution in [0.2, 0.25) is 0 Å². The zero-order valence-electron chi connectivity index (χ0n) is 13.1. The molecule has 1 aromatic carbocycles. The lowest BCUT2D eigenvalue weighted by molar-refractivity contribution is 0.376. The van der Waals surface area contributed by atoms with E-state index >= 15 is 0 Å². The number of rotatable bonds is 7. The highest BCUT2D eigenvalue weighted by Gasteiger charge is 2.22. The minimum atomic E-state index is 0.0843. The van der Waals surface area contributed by atoms with Crippen molar-refractivity contribution in [3.05, 3.63) is 45.6 Å². The van der Waals surface area contributed by atoms with Crippen LogP contribution < -0.4 is 14.8 Å². The van der Waals surface area contributed by atoms with Crippen LogP contribution in [0.5, 0.6) is 11.5 Å². The van der Waals surface area contributed by atoms with E-state index in [0.29, 0.717) is 0 Å². The van der Waals surface area contributed by atoms with Gasteiger partial charge in [0.2, 0.25) is 0 Å². The van der Waals surface area contributed by atoms with Gasteiger partial charge >= 0.3 is 0 Å². The summed E-state index contributed by atoms with van der Waals surface area (Å²) in [6, 6.07) is 8.23. The van der Waals surface area contributed by atoms with Gasteiger partial charge < -0.3 is 14.8 Å². The van der Waals surface area contributed by atoms with Crippen LogP contribution >= 0.6 is 11.3 Å². The molecule has 0 aliphatic heterocycles. The van der Waals surface area contributed by atoms with Crippen LogP contribution in [-0.2, 0) is 0 Å². The van der Waals surface area contributed by atoms with E-state index in [1.807, 2.05) is 18.2 Å². The Kier molecular flexibility index (Phi) is 5.65. The standard InChI is InChI=1S/C17H23NO2S/c1-5-9-18-17(13-10-12(2)21-11-13)16-14(19-3)7-6-8-15(16)20-4/h6-8,10-11,17-18H,5,9H2,1-4H3.